The van der Waals surface area contributed by atoms with Crippen LogP contribution in [0.25, 0.3) is 5.69 Å². The summed E-state index contributed by atoms with van der Waals surface area (Å²) in [5.74, 6) is -1.28. The van der Waals surface area contributed by atoms with Gasteiger partial charge in [-0.1, -0.05) is 38.1 Å². The molecule has 2 aromatic carbocycles. The monoisotopic (exact) mass is 422 g/mol. The second kappa shape index (κ2) is 10.1. The summed E-state index contributed by atoms with van der Waals surface area (Å²) >= 11 is 0. The van der Waals surface area contributed by atoms with E-state index in [0.717, 1.165) is 0 Å². The molecule has 3 aromatic rings. The van der Waals surface area contributed by atoms with Gasteiger partial charge in [-0.25, -0.2) is 4.79 Å². The van der Waals surface area contributed by atoms with E-state index in [-0.39, 0.29) is 11.5 Å². The summed E-state index contributed by atoms with van der Waals surface area (Å²) < 4.78 is 6.47. The number of para-hydroxylation sites is 2. The molecule has 0 aliphatic rings. The number of amides is 2. The molecule has 0 fully saturated rings. The maximum absolute atomic E-state index is 12.5. The van der Waals surface area contributed by atoms with Crippen molar-refractivity contribution in [2.45, 2.75) is 13.8 Å². The number of esters is 1. The van der Waals surface area contributed by atoms with Crippen LogP contribution in [0.2, 0.25) is 0 Å². The molecule has 0 aliphatic carbocycles. The van der Waals surface area contributed by atoms with Crippen molar-refractivity contribution in [1.82, 2.24) is 25.5 Å². The topological polar surface area (TPSA) is 128 Å². The van der Waals surface area contributed by atoms with Gasteiger partial charge >= 0.3 is 5.97 Å². The Morgan fingerprint density at radius 1 is 1.03 bits per heavy atom. The van der Waals surface area contributed by atoms with Crippen molar-refractivity contribution >= 4 is 23.5 Å². The number of anilines is 1. The zero-order chi connectivity index (χ0) is 22.2. The Morgan fingerprint density at radius 3 is 2.45 bits per heavy atom. The molecule has 10 heteroatoms. The predicted molar refractivity (Wildman–Crippen MR) is 112 cm³/mol. The van der Waals surface area contributed by atoms with Crippen LogP contribution < -0.4 is 10.6 Å². The van der Waals surface area contributed by atoms with Crippen LogP contribution in [0.15, 0.2) is 54.9 Å². The molecule has 31 heavy (non-hydrogen) atoms. The van der Waals surface area contributed by atoms with E-state index >= 15 is 0 Å². The molecule has 2 N–H and O–H groups in total. The molecular formula is C21H22N6O4. The van der Waals surface area contributed by atoms with Crippen molar-refractivity contribution in [2.24, 2.45) is 5.92 Å². The largest absolute Gasteiger partial charge is 0.452 e. The fraction of sp³-hybridized carbons (Fsp3) is 0.238. The van der Waals surface area contributed by atoms with Crippen molar-refractivity contribution < 1.29 is 19.1 Å². The Balaban J connectivity index is 1.63. The SMILES string of the molecule is CC(C)CNC(=O)c1ccccc1NC(=O)COC(=O)c1ccccc1-n1cnnn1. The number of nitrogens with zero attached hydrogens (tertiary/aromatic N) is 4. The minimum Gasteiger partial charge on any atom is -0.452 e. The van der Waals surface area contributed by atoms with Gasteiger partial charge in [0.1, 0.15) is 6.33 Å². The molecule has 3 rings (SSSR count). The minimum atomic E-state index is -0.704. The predicted octanol–water partition coefficient (Wildman–Crippen LogP) is 1.84. The van der Waals surface area contributed by atoms with Gasteiger partial charge in [-0.3, -0.25) is 9.59 Å². The highest BCUT2D eigenvalue weighted by molar-refractivity contribution is 6.04. The van der Waals surface area contributed by atoms with Crippen LogP contribution in [0.1, 0.15) is 34.6 Å². The minimum absolute atomic E-state index is 0.205. The second-order valence-electron chi connectivity index (χ2n) is 7.05. The Morgan fingerprint density at radius 2 is 1.74 bits per heavy atom. The van der Waals surface area contributed by atoms with Gasteiger partial charge < -0.3 is 15.4 Å². The number of hydrogen-bond acceptors (Lipinski definition) is 7. The van der Waals surface area contributed by atoms with E-state index < -0.39 is 18.5 Å². The first-order chi connectivity index (χ1) is 15.0. The average molecular weight is 422 g/mol. The first-order valence-electron chi connectivity index (χ1n) is 9.62. The standard InChI is InChI=1S/C21H22N6O4/c1-14(2)11-22-20(29)15-7-3-5-9-17(15)24-19(28)12-31-21(30)16-8-4-6-10-18(16)27-13-23-25-26-27/h3-10,13-14H,11-12H2,1-2H3,(H,22,29)(H,24,28). The van der Waals surface area contributed by atoms with Crippen LogP contribution in [0, 0.1) is 5.92 Å². The smallest absolute Gasteiger partial charge is 0.340 e. The number of hydrogen-bond donors (Lipinski definition) is 2. The fourth-order valence-electron chi connectivity index (χ4n) is 2.70. The lowest BCUT2D eigenvalue weighted by Gasteiger charge is -2.13. The summed E-state index contributed by atoms with van der Waals surface area (Å²) in [6, 6.07) is 13.2. The molecule has 0 bridgehead atoms. The van der Waals surface area contributed by atoms with E-state index in [4.69, 9.17) is 4.74 Å². The summed E-state index contributed by atoms with van der Waals surface area (Å²) in [4.78, 5) is 37.2. The number of tetrazole rings is 1. The summed E-state index contributed by atoms with van der Waals surface area (Å²) in [6.07, 6.45) is 1.35. The summed E-state index contributed by atoms with van der Waals surface area (Å²) in [5, 5.41) is 16.3. The number of rotatable bonds is 8. The van der Waals surface area contributed by atoms with Gasteiger partial charge in [0.15, 0.2) is 6.61 Å². The zero-order valence-corrected chi connectivity index (χ0v) is 17.1. The Labute approximate surface area is 178 Å². The van der Waals surface area contributed by atoms with Gasteiger partial charge in [-0.15, -0.1) is 5.10 Å². The lowest BCUT2D eigenvalue weighted by molar-refractivity contribution is -0.119. The lowest BCUT2D eigenvalue weighted by atomic mass is 10.1. The van der Waals surface area contributed by atoms with Crippen molar-refractivity contribution in [3.8, 4) is 5.69 Å². The molecule has 0 atom stereocenters. The van der Waals surface area contributed by atoms with Gasteiger partial charge in [0.25, 0.3) is 11.8 Å². The zero-order valence-electron chi connectivity index (χ0n) is 17.1. The molecule has 0 unspecified atom stereocenters. The lowest BCUT2D eigenvalue weighted by Crippen LogP contribution is -2.29. The van der Waals surface area contributed by atoms with E-state index in [9.17, 15) is 14.4 Å². The molecule has 0 saturated carbocycles. The van der Waals surface area contributed by atoms with E-state index in [0.29, 0.717) is 29.4 Å². The molecule has 160 valence electrons. The number of carbonyl (C=O) groups is 3. The van der Waals surface area contributed by atoms with Crippen LogP contribution in [-0.4, -0.2) is 51.1 Å². The molecular weight excluding hydrogens is 400 g/mol. The highest BCUT2D eigenvalue weighted by atomic mass is 16.5. The molecule has 0 aliphatic heterocycles. The van der Waals surface area contributed by atoms with Crippen LogP contribution in [0.5, 0.6) is 0 Å². The Bertz CT molecular complexity index is 1070. The number of benzene rings is 2. The van der Waals surface area contributed by atoms with Crippen LogP contribution in [-0.2, 0) is 9.53 Å². The van der Waals surface area contributed by atoms with Crippen molar-refractivity contribution in [3.05, 3.63) is 66.0 Å². The van der Waals surface area contributed by atoms with E-state index in [2.05, 4.69) is 26.2 Å². The number of ether oxygens (including phenoxy) is 1. The van der Waals surface area contributed by atoms with Gasteiger partial charge in [-0.2, -0.15) is 4.68 Å². The molecule has 1 heterocycles. The van der Waals surface area contributed by atoms with E-state index in [1.165, 1.54) is 11.0 Å². The summed E-state index contributed by atoms with van der Waals surface area (Å²) in [6.45, 7) is 3.96. The van der Waals surface area contributed by atoms with Gasteiger partial charge in [0.05, 0.1) is 22.5 Å². The van der Waals surface area contributed by atoms with Crippen molar-refractivity contribution in [1.29, 1.82) is 0 Å². The molecule has 0 saturated heterocycles. The van der Waals surface area contributed by atoms with E-state index in [1.807, 2.05) is 13.8 Å². The van der Waals surface area contributed by atoms with Crippen molar-refractivity contribution in [3.63, 3.8) is 0 Å². The van der Waals surface area contributed by atoms with Gasteiger partial charge in [-0.05, 0) is 40.6 Å². The quantitative estimate of drug-likeness (QED) is 0.530. The fourth-order valence-corrected chi connectivity index (χ4v) is 2.70. The Hall–Kier alpha value is -4.08. The molecule has 2 amide bonds. The highest BCUT2D eigenvalue weighted by Crippen LogP contribution is 2.16. The van der Waals surface area contributed by atoms with Gasteiger partial charge in [0, 0.05) is 6.54 Å². The highest BCUT2D eigenvalue weighted by Gasteiger charge is 2.17. The first kappa shape index (κ1) is 21.6. The Kier molecular flexibility index (Phi) is 7.05. The van der Waals surface area contributed by atoms with Crippen molar-refractivity contribution in [2.75, 3.05) is 18.5 Å². The molecule has 0 radical (unpaired) electrons. The third kappa shape index (κ3) is 5.72. The van der Waals surface area contributed by atoms with Crippen LogP contribution >= 0.6 is 0 Å². The molecule has 1 aromatic heterocycles. The maximum Gasteiger partial charge on any atom is 0.340 e. The number of aromatic nitrogens is 4. The molecule has 0 spiro atoms. The first-order valence-corrected chi connectivity index (χ1v) is 9.62. The number of carbonyl (C=O) groups excluding carboxylic acids is 3. The number of nitrogens with one attached hydrogen (secondary N) is 2. The van der Waals surface area contributed by atoms with E-state index in [1.54, 1.807) is 48.5 Å². The summed E-state index contributed by atoms with van der Waals surface area (Å²) in [5.41, 5.74) is 1.28. The molecule has 10 nitrogen and oxygen atoms in total. The average Bonchev–Trinajstić information content (AvgIpc) is 3.31. The van der Waals surface area contributed by atoms with Gasteiger partial charge in [0.2, 0.25) is 0 Å². The third-order valence-electron chi connectivity index (χ3n) is 4.17. The third-order valence-corrected chi connectivity index (χ3v) is 4.17. The van der Waals surface area contributed by atoms with Crippen LogP contribution in [0.3, 0.4) is 0 Å². The summed E-state index contributed by atoms with van der Waals surface area (Å²) in [7, 11) is 0. The van der Waals surface area contributed by atoms with Crippen LogP contribution in [0.4, 0.5) is 5.69 Å². The second-order valence-corrected chi connectivity index (χ2v) is 7.05. The normalized spacial score (nSPS) is 10.5. The maximum atomic E-state index is 12.5.